The molecule has 4 heteroatoms. The van der Waals surface area contributed by atoms with Crippen molar-refractivity contribution >= 4 is 17.3 Å². The van der Waals surface area contributed by atoms with Crippen LogP contribution in [0.5, 0.6) is 0 Å². The Balaban J connectivity index is 1.97. The minimum atomic E-state index is 0.456. The standard InChI is InChI=1S/C10H19N3S/c1-13-8-3-2-4-9(13)6-7(5-8)12-10(11)14/h7-9H,2-6H2,1H3,(H3,11,12,14)/t7-,8+,9-. The van der Waals surface area contributed by atoms with Gasteiger partial charge >= 0.3 is 0 Å². The Bertz CT molecular complexity index is 217. The number of nitrogens with one attached hydrogen (secondary N) is 1. The van der Waals surface area contributed by atoms with Crippen molar-refractivity contribution in [3.8, 4) is 0 Å². The van der Waals surface area contributed by atoms with Crippen LogP contribution < -0.4 is 11.1 Å². The van der Waals surface area contributed by atoms with Gasteiger partial charge in [0.15, 0.2) is 5.11 Å². The van der Waals surface area contributed by atoms with E-state index in [9.17, 15) is 0 Å². The molecule has 3 N–H and O–H groups in total. The summed E-state index contributed by atoms with van der Waals surface area (Å²) in [7, 11) is 2.26. The van der Waals surface area contributed by atoms with Gasteiger partial charge in [0, 0.05) is 18.1 Å². The van der Waals surface area contributed by atoms with Crippen LogP contribution >= 0.6 is 12.2 Å². The lowest BCUT2D eigenvalue weighted by atomic mass is 9.82. The van der Waals surface area contributed by atoms with Gasteiger partial charge in [-0.25, -0.2) is 0 Å². The molecule has 3 nitrogen and oxygen atoms in total. The summed E-state index contributed by atoms with van der Waals surface area (Å²) >= 11 is 4.89. The largest absolute Gasteiger partial charge is 0.376 e. The van der Waals surface area contributed by atoms with Gasteiger partial charge in [-0.15, -0.1) is 0 Å². The predicted molar refractivity (Wildman–Crippen MR) is 62.1 cm³/mol. The fourth-order valence-electron chi connectivity index (χ4n) is 2.93. The topological polar surface area (TPSA) is 41.3 Å². The highest BCUT2D eigenvalue weighted by atomic mass is 32.1. The Morgan fingerprint density at radius 1 is 1.36 bits per heavy atom. The molecule has 2 aliphatic heterocycles. The van der Waals surface area contributed by atoms with Crippen molar-refractivity contribution < 1.29 is 0 Å². The smallest absolute Gasteiger partial charge is 0.163 e. The molecule has 0 unspecified atom stereocenters. The summed E-state index contributed by atoms with van der Waals surface area (Å²) in [4.78, 5) is 2.54. The van der Waals surface area contributed by atoms with Crippen molar-refractivity contribution in [1.29, 1.82) is 0 Å². The van der Waals surface area contributed by atoms with E-state index in [2.05, 4.69) is 17.3 Å². The zero-order valence-corrected chi connectivity index (χ0v) is 9.52. The second-order valence-electron chi connectivity index (χ2n) is 4.58. The average Bonchev–Trinajstić information content (AvgIpc) is 2.05. The molecule has 2 bridgehead atoms. The molecule has 0 amide bonds. The van der Waals surface area contributed by atoms with E-state index in [0.29, 0.717) is 11.2 Å². The van der Waals surface area contributed by atoms with Gasteiger partial charge in [0.2, 0.25) is 0 Å². The van der Waals surface area contributed by atoms with Crippen molar-refractivity contribution in [3.05, 3.63) is 0 Å². The number of nitrogens with zero attached hydrogens (tertiary/aromatic N) is 1. The van der Waals surface area contributed by atoms with E-state index < -0.39 is 0 Å². The number of nitrogens with two attached hydrogens (primary N) is 1. The second-order valence-corrected chi connectivity index (χ2v) is 5.02. The minimum absolute atomic E-state index is 0.456. The van der Waals surface area contributed by atoms with E-state index >= 15 is 0 Å². The van der Waals surface area contributed by atoms with Gasteiger partial charge in [-0.2, -0.15) is 0 Å². The molecule has 0 aliphatic carbocycles. The van der Waals surface area contributed by atoms with E-state index in [0.717, 1.165) is 12.1 Å². The van der Waals surface area contributed by atoms with Gasteiger partial charge in [-0.1, -0.05) is 6.42 Å². The summed E-state index contributed by atoms with van der Waals surface area (Å²) in [5.74, 6) is 0. The Kier molecular flexibility index (Phi) is 2.93. The van der Waals surface area contributed by atoms with Crippen LogP contribution in [0.25, 0.3) is 0 Å². The fourth-order valence-corrected chi connectivity index (χ4v) is 3.10. The Labute approximate surface area is 91.0 Å². The van der Waals surface area contributed by atoms with Crippen molar-refractivity contribution in [2.75, 3.05) is 7.05 Å². The molecule has 2 saturated heterocycles. The summed E-state index contributed by atoms with van der Waals surface area (Å²) in [6.45, 7) is 0. The first-order chi connectivity index (χ1) is 6.66. The first-order valence-corrected chi connectivity index (χ1v) is 5.85. The van der Waals surface area contributed by atoms with Crippen LogP contribution in [-0.2, 0) is 0 Å². The van der Waals surface area contributed by atoms with Crippen molar-refractivity contribution in [2.24, 2.45) is 5.73 Å². The van der Waals surface area contributed by atoms with E-state index in [1.807, 2.05) is 0 Å². The molecule has 14 heavy (non-hydrogen) atoms. The Morgan fingerprint density at radius 3 is 2.43 bits per heavy atom. The van der Waals surface area contributed by atoms with Gasteiger partial charge < -0.3 is 16.0 Å². The maximum atomic E-state index is 5.52. The Morgan fingerprint density at radius 2 is 1.93 bits per heavy atom. The summed E-state index contributed by atoms with van der Waals surface area (Å²) in [6.07, 6.45) is 6.46. The molecule has 2 heterocycles. The molecule has 80 valence electrons. The van der Waals surface area contributed by atoms with Crippen LogP contribution in [0.15, 0.2) is 0 Å². The van der Waals surface area contributed by atoms with E-state index in [4.69, 9.17) is 18.0 Å². The van der Waals surface area contributed by atoms with Crippen molar-refractivity contribution in [1.82, 2.24) is 10.2 Å². The number of hydrogen-bond acceptors (Lipinski definition) is 2. The molecule has 0 aromatic heterocycles. The third kappa shape index (κ3) is 2.01. The fraction of sp³-hybridized carbons (Fsp3) is 0.900. The number of rotatable bonds is 1. The van der Waals surface area contributed by atoms with Crippen LogP contribution in [0, 0.1) is 0 Å². The first-order valence-electron chi connectivity index (χ1n) is 5.44. The summed E-state index contributed by atoms with van der Waals surface area (Å²) in [5, 5.41) is 3.67. The molecule has 0 saturated carbocycles. The summed E-state index contributed by atoms with van der Waals surface area (Å²) in [5.41, 5.74) is 5.52. The van der Waals surface area contributed by atoms with Gasteiger partial charge in [0.25, 0.3) is 0 Å². The second kappa shape index (κ2) is 4.03. The minimum Gasteiger partial charge on any atom is -0.376 e. The molecular weight excluding hydrogens is 194 g/mol. The molecule has 3 atom stereocenters. The van der Waals surface area contributed by atoms with E-state index in [1.165, 1.54) is 32.1 Å². The van der Waals surface area contributed by atoms with Gasteiger partial charge in [-0.3, -0.25) is 0 Å². The summed E-state index contributed by atoms with van der Waals surface area (Å²) in [6, 6.07) is 2.00. The molecule has 0 spiro atoms. The lowest BCUT2D eigenvalue weighted by Crippen LogP contribution is -2.55. The molecule has 2 fully saturated rings. The maximum absolute atomic E-state index is 5.52. The van der Waals surface area contributed by atoms with Crippen LogP contribution in [0.4, 0.5) is 0 Å². The highest BCUT2D eigenvalue weighted by Crippen LogP contribution is 2.32. The lowest BCUT2D eigenvalue weighted by Gasteiger charge is -2.47. The molecule has 0 radical (unpaired) electrons. The third-order valence-electron chi connectivity index (χ3n) is 3.69. The zero-order chi connectivity index (χ0) is 10.1. The average molecular weight is 213 g/mol. The monoisotopic (exact) mass is 213 g/mol. The summed E-state index contributed by atoms with van der Waals surface area (Å²) < 4.78 is 0. The SMILES string of the molecule is CN1[C@@H]2CCC[C@H]1C[C@@H](NC(N)=S)C2. The van der Waals surface area contributed by atoms with Crippen LogP contribution in [0.1, 0.15) is 32.1 Å². The van der Waals surface area contributed by atoms with Crippen LogP contribution in [0.2, 0.25) is 0 Å². The normalized spacial score (nSPS) is 37.9. The van der Waals surface area contributed by atoms with Gasteiger partial charge in [0.05, 0.1) is 0 Å². The molecule has 2 aliphatic rings. The van der Waals surface area contributed by atoms with Crippen LogP contribution in [0.3, 0.4) is 0 Å². The maximum Gasteiger partial charge on any atom is 0.163 e. The predicted octanol–water partition coefficient (Wildman–Crippen LogP) is 0.835. The van der Waals surface area contributed by atoms with E-state index in [-0.39, 0.29) is 0 Å². The molecule has 2 rings (SSSR count). The number of thiocarbonyl (C=S) groups is 1. The van der Waals surface area contributed by atoms with Crippen molar-refractivity contribution in [2.45, 2.75) is 50.2 Å². The van der Waals surface area contributed by atoms with Crippen molar-refractivity contribution in [3.63, 3.8) is 0 Å². The highest BCUT2D eigenvalue weighted by molar-refractivity contribution is 7.80. The van der Waals surface area contributed by atoms with E-state index in [1.54, 1.807) is 0 Å². The molecule has 0 aromatic rings. The molecule has 0 aromatic carbocycles. The van der Waals surface area contributed by atoms with Crippen LogP contribution in [-0.4, -0.2) is 35.2 Å². The number of piperidine rings is 2. The lowest BCUT2D eigenvalue weighted by molar-refractivity contribution is 0.0529. The zero-order valence-electron chi connectivity index (χ0n) is 8.70. The van der Waals surface area contributed by atoms with Gasteiger partial charge in [0.1, 0.15) is 0 Å². The number of hydrogen-bond donors (Lipinski definition) is 2. The third-order valence-corrected chi connectivity index (χ3v) is 3.80. The van der Waals surface area contributed by atoms with Gasteiger partial charge in [-0.05, 0) is 44.9 Å². The first kappa shape index (κ1) is 10.2. The molecular formula is C10H19N3S. The highest BCUT2D eigenvalue weighted by Gasteiger charge is 2.35. The number of fused-ring (bicyclic) bond motifs is 2. The quantitative estimate of drug-likeness (QED) is 0.633. The Hall–Kier alpha value is -0.350.